The third-order valence-electron chi connectivity index (χ3n) is 4.23. The van der Waals surface area contributed by atoms with Crippen LogP contribution in [0.5, 0.6) is 0 Å². The molecule has 25 heavy (non-hydrogen) atoms. The highest BCUT2D eigenvalue weighted by Gasteiger charge is 2.12. The lowest BCUT2D eigenvalue weighted by Gasteiger charge is -2.10. The van der Waals surface area contributed by atoms with Gasteiger partial charge >= 0.3 is 0 Å². The molecule has 0 aliphatic rings. The predicted octanol–water partition coefficient (Wildman–Crippen LogP) is 3.91. The molecule has 0 saturated heterocycles. The van der Waals surface area contributed by atoms with Gasteiger partial charge in [-0.25, -0.2) is 4.68 Å². The van der Waals surface area contributed by atoms with Gasteiger partial charge in [0.1, 0.15) is 0 Å². The number of nitrogens with zero attached hydrogens (tertiary/aromatic N) is 3. The van der Waals surface area contributed by atoms with E-state index in [9.17, 15) is 4.79 Å². The molecule has 4 rings (SSSR count). The zero-order valence-corrected chi connectivity index (χ0v) is 13.8. The summed E-state index contributed by atoms with van der Waals surface area (Å²) in [5.41, 5.74) is 4.85. The van der Waals surface area contributed by atoms with Gasteiger partial charge in [0.05, 0.1) is 11.9 Å². The van der Waals surface area contributed by atoms with E-state index in [4.69, 9.17) is 0 Å². The van der Waals surface area contributed by atoms with Gasteiger partial charge in [0.2, 0.25) is 0 Å². The minimum atomic E-state index is -0.0296. The molecule has 0 saturated carbocycles. The van der Waals surface area contributed by atoms with Crippen LogP contribution in [0.4, 0.5) is 0 Å². The summed E-state index contributed by atoms with van der Waals surface area (Å²) in [6, 6.07) is 21.6. The van der Waals surface area contributed by atoms with Crippen molar-refractivity contribution in [3.8, 4) is 27.9 Å². The Labute approximate surface area is 145 Å². The molecule has 0 N–H and O–H groups in total. The van der Waals surface area contributed by atoms with Gasteiger partial charge in [-0.2, -0.15) is 5.10 Å². The molecule has 0 aliphatic carbocycles. The van der Waals surface area contributed by atoms with Crippen LogP contribution in [0.25, 0.3) is 27.9 Å². The summed E-state index contributed by atoms with van der Waals surface area (Å²) in [5, 5.41) is 4.48. The fraction of sp³-hybridized carbons (Fsp3) is 0.0476. The van der Waals surface area contributed by atoms with Gasteiger partial charge in [0, 0.05) is 36.6 Å². The molecule has 0 unspecified atom stereocenters. The van der Waals surface area contributed by atoms with E-state index in [0.29, 0.717) is 0 Å². The molecule has 2 aromatic heterocycles. The standard InChI is InChI=1S/C21H17N3O/c1-23-15-20(19(12-21(23)25)16-8-4-2-5-9-16)17-13-22-24(14-17)18-10-6-3-7-11-18/h2-15H,1H3. The Balaban J connectivity index is 1.87. The number of pyridine rings is 1. The van der Waals surface area contributed by atoms with Crippen molar-refractivity contribution in [2.75, 3.05) is 0 Å². The summed E-state index contributed by atoms with van der Waals surface area (Å²) >= 11 is 0. The van der Waals surface area contributed by atoms with Crippen LogP contribution in [0.15, 0.2) is 90.1 Å². The summed E-state index contributed by atoms with van der Waals surface area (Å²) in [6.07, 6.45) is 5.69. The van der Waals surface area contributed by atoms with Crippen molar-refractivity contribution in [1.29, 1.82) is 0 Å². The molecule has 0 bridgehead atoms. The maximum Gasteiger partial charge on any atom is 0.250 e. The van der Waals surface area contributed by atoms with Crippen LogP contribution < -0.4 is 5.56 Å². The second-order valence-electron chi connectivity index (χ2n) is 5.93. The second kappa shape index (κ2) is 6.24. The summed E-state index contributed by atoms with van der Waals surface area (Å²) in [4.78, 5) is 12.2. The maximum atomic E-state index is 12.2. The largest absolute Gasteiger partial charge is 0.318 e. The number of aryl methyl sites for hydroxylation is 1. The molecule has 4 heteroatoms. The van der Waals surface area contributed by atoms with Crippen molar-refractivity contribution in [2.24, 2.45) is 7.05 Å². The molecule has 0 radical (unpaired) electrons. The van der Waals surface area contributed by atoms with Crippen LogP contribution in [0.3, 0.4) is 0 Å². The molecule has 4 aromatic rings. The fourth-order valence-electron chi connectivity index (χ4n) is 2.90. The average Bonchev–Trinajstić information content (AvgIpc) is 3.15. The zero-order chi connectivity index (χ0) is 17.2. The van der Waals surface area contributed by atoms with E-state index in [1.807, 2.05) is 83.9 Å². The van der Waals surface area contributed by atoms with Gasteiger partial charge in [-0.1, -0.05) is 48.5 Å². The Kier molecular flexibility index (Phi) is 3.78. The van der Waals surface area contributed by atoms with Gasteiger partial charge in [-0.05, 0) is 23.3 Å². The van der Waals surface area contributed by atoms with Crippen molar-refractivity contribution < 1.29 is 0 Å². The first-order chi connectivity index (χ1) is 12.2. The Morgan fingerprint density at radius 1 is 0.800 bits per heavy atom. The maximum absolute atomic E-state index is 12.2. The first kappa shape index (κ1) is 15.1. The number of hydrogen-bond donors (Lipinski definition) is 0. The molecule has 0 aliphatic heterocycles. The highest BCUT2D eigenvalue weighted by Crippen LogP contribution is 2.30. The van der Waals surface area contributed by atoms with Crippen LogP contribution in [-0.4, -0.2) is 14.3 Å². The number of aromatic nitrogens is 3. The average molecular weight is 327 g/mol. The smallest absolute Gasteiger partial charge is 0.250 e. The van der Waals surface area contributed by atoms with Gasteiger partial charge in [0.15, 0.2) is 0 Å². The van der Waals surface area contributed by atoms with E-state index in [-0.39, 0.29) is 5.56 Å². The Morgan fingerprint density at radius 3 is 2.20 bits per heavy atom. The van der Waals surface area contributed by atoms with E-state index in [0.717, 1.165) is 27.9 Å². The number of para-hydroxylation sites is 1. The third kappa shape index (κ3) is 2.90. The molecule has 2 aromatic carbocycles. The number of hydrogen-bond acceptors (Lipinski definition) is 2. The number of rotatable bonds is 3. The summed E-state index contributed by atoms with van der Waals surface area (Å²) in [5.74, 6) is 0. The van der Waals surface area contributed by atoms with Crippen LogP contribution >= 0.6 is 0 Å². The van der Waals surface area contributed by atoms with E-state index < -0.39 is 0 Å². The highest BCUT2D eigenvalue weighted by atomic mass is 16.1. The first-order valence-corrected chi connectivity index (χ1v) is 8.09. The van der Waals surface area contributed by atoms with Crippen molar-refractivity contribution in [3.63, 3.8) is 0 Å². The topological polar surface area (TPSA) is 39.8 Å². The molecule has 0 amide bonds. The molecule has 122 valence electrons. The van der Waals surface area contributed by atoms with E-state index in [2.05, 4.69) is 5.10 Å². The van der Waals surface area contributed by atoms with Gasteiger partial charge in [-0.15, -0.1) is 0 Å². The minimum absolute atomic E-state index is 0.0296. The predicted molar refractivity (Wildman–Crippen MR) is 99.7 cm³/mol. The van der Waals surface area contributed by atoms with Crippen LogP contribution in [-0.2, 0) is 7.05 Å². The van der Waals surface area contributed by atoms with E-state index >= 15 is 0 Å². The van der Waals surface area contributed by atoms with E-state index in [1.165, 1.54) is 0 Å². The number of benzene rings is 2. The lowest BCUT2D eigenvalue weighted by molar-refractivity contribution is 0.863. The van der Waals surface area contributed by atoms with Crippen LogP contribution in [0, 0.1) is 0 Å². The van der Waals surface area contributed by atoms with Crippen LogP contribution in [0.2, 0.25) is 0 Å². The molecule has 4 nitrogen and oxygen atoms in total. The highest BCUT2D eigenvalue weighted by molar-refractivity contribution is 5.82. The van der Waals surface area contributed by atoms with Crippen molar-refractivity contribution in [3.05, 3.63) is 95.7 Å². The summed E-state index contributed by atoms with van der Waals surface area (Å²) in [7, 11) is 1.77. The molecule has 0 atom stereocenters. The summed E-state index contributed by atoms with van der Waals surface area (Å²) < 4.78 is 3.44. The normalized spacial score (nSPS) is 10.8. The molecular weight excluding hydrogens is 310 g/mol. The third-order valence-corrected chi connectivity index (χ3v) is 4.23. The quantitative estimate of drug-likeness (QED) is 0.572. The summed E-state index contributed by atoms with van der Waals surface area (Å²) in [6.45, 7) is 0. The van der Waals surface area contributed by atoms with Gasteiger partial charge < -0.3 is 4.57 Å². The lowest BCUT2D eigenvalue weighted by atomic mass is 9.98. The van der Waals surface area contributed by atoms with E-state index in [1.54, 1.807) is 17.7 Å². The van der Waals surface area contributed by atoms with Crippen LogP contribution in [0.1, 0.15) is 0 Å². The Bertz CT molecular complexity index is 1060. The Morgan fingerprint density at radius 2 is 1.48 bits per heavy atom. The van der Waals surface area contributed by atoms with Gasteiger partial charge in [0.25, 0.3) is 5.56 Å². The zero-order valence-electron chi connectivity index (χ0n) is 13.8. The lowest BCUT2D eigenvalue weighted by Crippen LogP contribution is -2.15. The van der Waals surface area contributed by atoms with Crippen molar-refractivity contribution in [1.82, 2.24) is 14.3 Å². The first-order valence-electron chi connectivity index (χ1n) is 8.09. The monoisotopic (exact) mass is 327 g/mol. The minimum Gasteiger partial charge on any atom is -0.318 e. The van der Waals surface area contributed by atoms with Gasteiger partial charge in [-0.3, -0.25) is 4.79 Å². The second-order valence-corrected chi connectivity index (χ2v) is 5.93. The Hall–Kier alpha value is -3.40. The molecular formula is C21H17N3O. The van der Waals surface area contributed by atoms with Crippen molar-refractivity contribution >= 4 is 0 Å². The SMILES string of the molecule is Cn1cc(-c2cnn(-c3ccccc3)c2)c(-c2ccccc2)cc1=O. The molecule has 0 spiro atoms. The van der Waals surface area contributed by atoms with Crippen molar-refractivity contribution in [2.45, 2.75) is 0 Å². The fourth-order valence-corrected chi connectivity index (χ4v) is 2.90. The molecule has 0 fully saturated rings. The molecule has 2 heterocycles.